The van der Waals surface area contributed by atoms with E-state index in [1.54, 1.807) is 26.0 Å². The summed E-state index contributed by atoms with van der Waals surface area (Å²) in [6, 6.07) is 4.83. The molecule has 0 aliphatic carbocycles. The molecule has 0 saturated heterocycles. The minimum Gasteiger partial charge on any atom is -0.386 e. The third-order valence-electron chi connectivity index (χ3n) is 1.78. The van der Waals surface area contributed by atoms with Crippen molar-refractivity contribution in [2.75, 3.05) is 0 Å². The van der Waals surface area contributed by atoms with Gasteiger partial charge in [0.05, 0.1) is 5.60 Å². The van der Waals surface area contributed by atoms with Crippen LogP contribution >= 0.6 is 0 Å². The van der Waals surface area contributed by atoms with E-state index in [0.29, 0.717) is 5.56 Å². The molecule has 1 aromatic rings. The fourth-order valence-electron chi connectivity index (χ4n) is 1.12. The van der Waals surface area contributed by atoms with Gasteiger partial charge in [-0.2, -0.15) is 0 Å². The van der Waals surface area contributed by atoms with E-state index in [9.17, 15) is 9.50 Å². The fourth-order valence-corrected chi connectivity index (χ4v) is 1.12. The number of hydrogen-bond donors (Lipinski definition) is 1. The van der Waals surface area contributed by atoms with Crippen molar-refractivity contribution in [2.45, 2.75) is 54.1 Å². The smallest absolute Gasteiger partial charge is 0.129 e. The Kier molecular flexibility index (Phi) is 9.06. The van der Waals surface area contributed by atoms with Crippen molar-refractivity contribution >= 4 is 0 Å². The SMILES string of the molecule is CC.CC.Cc1ccc(C(C)(C)O)c(F)c1. The minimum absolute atomic E-state index is 0.341. The molecule has 2 heteroatoms. The number of benzene rings is 1. The maximum Gasteiger partial charge on any atom is 0.129 e. The Morgan fingerprint density at radius 3 is 1.81 bits per heavy atom. The number of aryl methyl sites for hydroxylation is 1. The van der Waals surface area contributed by atoms with E-state index < -0.39 is 5.60 Å². The molecule has 0 unspecified atom stereocenters. The summed E-state index contributed by atoms with van der Waals surface area (Å²) < 4.78 is 13.2. The van der Waals surface area contributed by atoms with Crippen molar-refractivity contribution in [2.24, 2.45) is 0 Å². The lowest BCUT2D eigenvalue weighted by Crippen LogP contribution is -2.17. The summed E-state index contributed by atoms with van der Waals surface area (Å²) in [5.74, 6) is -0.345. The van der Waals surface area contributed by atoms with Crippen LogP contribution in [-0.4, -0.2) is 5.11 Å². The maximum absolute atomic E-state index is 13.2. The van der Waals surface area contributed by atoms with E-state index in [-0.39, 0.29) is 5.82 Å². The van der Waals surface area contributed by atoms with Crippen LogP contribution in [0.5, 0.6) is 0 Å². The molecule has 0 aromatic heterocycles. The van der Waals surface area contributed by atoms with E-state index in [1.165, 1.54) is 6.07 Å². The highest BCUT2D eigenvalue weighted by Crippen LogP contribution is 2.22. The monoisotopic (exact) mass is 228 g/mol. The van der Waals surface area contributed by atoms with Crippen LogP contribution in [0.3, 0.4) is 0 Å². The standard InChI is InChI=1S/C10H13FO.2C2H6/c1-7-4-5-8(9(11)6-7)10(2,3)12;2*1-2/h4-6,12H,1-3H3;2*1-2H3. The van der Waals surface area contributed by atoms with Gasteiger partial charge in [-0.25, -0.2) is 4.39 Å². The van der Waals surface area contributed by atoms with Gasteiger partial charge < -0.3 is 5.11 Å². The molecule has 0 heterocycles. The van der Waals surface area contributed by atoms with Crippen LogP contribution in [0.1, 0.15) is 52.7 Å². The summed E-state index contributed by atoms with van der Waals surface area (Å²) in [6.45, 7) is 13.0. The molecule has 0 radical (unpaired) electrons. The number of hydrogen-bond acceptors (Lipinski definition) is 1. The highest BCUT2D eigenvalue weighted by Gasteiger charge is 2.19. The van der Waals surface area contributed by atoms with Gasteiger partial charge in [-0.05, 0) is 32.4 Å². The molecule has 1 nitrogen and oxygen atoms in total. The molecule has 0 fully saturated rings. The van der Waals surface area contributed by atoms with E-state index in [2.05, 4.69) is 0 Å². The fraction of sp³-hybridized carbons (Fsp3) is 0.571. The van der Waals surface area contributed by atoms with Gasteiger partial charge in [-0.1, -0.05) is 39.8 Å². The Bertz CT molecular complexity index is 287. The molecule has 16 heavy (non-hydrogen) atoms. The van der Waals surface area contributed by atoms with E-state index in [4.69, 9.17) is 0 Å². The summed E-state index contributed by atoms with van der Waals surface area (Å²) in [5, 5.41) is 9.52. The molecule has 0 amide bonds. The molecule has 0 spiro atoms. The zero-order valence-corrected chi connectivity index (χ0v) is 11.6. The molecule has 0 aliphatic rings. The van der Waals surface area contributed by atoms with Crippen LogP contribution in [0.15, 0.2) is 18.2 Å². The highest BCUT2D eigenvalue weighted by atomic mass is 19.1. The molecular weight excluding hydrogens is 203 g/mol. The first-order chi connectivity index (χ1) is 7.41. The molecule has 94 valence electrons. The summed E-state index contributed by atoms with van der Waals surface area (Å²) >= 11 is 0. The van der Waals surface area contributed by atoms with E-state index in [0.717, 1.165) is 5.56 Å². The molecule has 1 aromatic carbocycles. The summed E-state index contributed by atoms with van der Waals surface area (Å²) in [6.07, 6.45) is 0. The predicted octanol–water partition coefficient (Wildman–Crippen LogP) is 4.41. The van der Waals surface area contributed by atoms with Gasteiger partial charge in [-0.15, -0.1) is 0 Å². The molecule has 1 N–H and O–H groups in total. The van der Waals surface area contributed by atoms with Gasteiger partial charge in [0, 0.05) is 5.56 Å². The van der Waals surface area contributed by atoms with Crippen LogP contribution in [-0.2, 0) is 5.60 Å². The molecule has 0 aliphatic heterocycles. The Morgan fingerprint density at radius 2 is 1.50 bits per heavy atom. The van der Waals surface area contributed by atoms with Crippen LogP contribution in [0.2, 0.25) is 0 Å². The second-order valence-corrected chi connectivity index (χ2v) is 3.54. The van der Waals surface area contributed by atoms with Gasteiger partial charge in [-0.3, -0.25) is 0 Å². The van der Waals surface area contributed by atoms with Crippen LogP contribution in [0.4, 0.5) is 4.39 Å². The van der Waals surface area contributed by atoms with Gasteiger partial charge in [0.2, 0.25) is 0 Å². The summed E-state index contributed by atoms with van der Waals surface area (Å²) in [5.41, 5.74) is 0.103. The Hall–Kier alpha value is -0.890. The van der Waals surface area contributed by atoms with Gasteiger partial charge in [0.25, 0.3) is 0 Å². The van der Waals surface area contributed by atoms with Gasteiger partial charge in [0.15, 0.2) is 0 Å². The average Bonchev–Trinajstić information content (AvgIpc) is 2.21. The van der Waals surface area contributed by atoms with Crippen molar-refractivity contribution in [1.29, 1.82) is 0 Å². The Morgan fingerprint density at radius 1 is 1.06 bits per heavy atom. The van der Waals surface area contributed by atoms with Crippen LogP contribution < -0.4 is 0 Å². The minimum atomic E-state index is -1.10. The molecule has 0 bridgehead atoms. The van der Waals surface area contributed by atoms with Crippen molar-refractivity contribution in [3.8, 4) is 0 Å². The van der Waals surface area contributed by atoms with Crippen molar-refractivity contribution in [1.82, 2.24) is 0 Å². The first-order valence-corrected chi connectivity index (χ1v) is 5.90. The maximum atomic E-state index is 13.2. The second-order valence-electron chi connectivity index (χ2n) is 3.54. The van der Waals surface area contributed by atoms with E-state index in [1.807, 2.05) is 34.6 Å². The van der Waals surface area contributed by atoms with Gasteiger partial charge >= 0.3 is 0 Å². The normalized spacial score (nSPS) is 9.56. The first kappa shape index (κ1) is 17.5. The quantitative estimate of drug-likeness (QED) is 0.754. The lowest BCUT2D eigenvalue weighted by molar-refractivity contribution is 0.0745. The van der Waals surface area contributed by atoms with Crippen molar-refractivity contribution in [3.63, 3.8) is 0 Å². The van der Waals surface area contributed by atoms with Crippen molar-refractivity contribution < 1.29 is 9.50 Å². The lowest BCUT2D eigenvalue weighted by atomic mass is 9.97. The Labute approximate surface area is 99.3 Å². The zero-order valence-electron chi connectivity index (χ0n) is 11.6. The third-order valence-corrected chi connectivity index (χ3v) is 1.78. The molecule has 1 rings (SSSR count). The largest absolute Gasteiger partial charge is 0.386 e. The van der Waals surface area contributed by atoms with Crippen LogP contribution in [0, 0.1) is 12.7 Å². The van der Waals surface area contributed by atoms with E-state index >= 15 is 0 Å². The number of aliphatic hydroxyl groups is 1. The first-order valence-electron chi connectivity index (χ1n) is 5.90. The van der Waals surface area contributed by atoms with Crippen molar-refractivity contribution in [3.05, 3.63) is 35.1 Å². The summed E-state index contributed by atoms with van der Waals surface area (Å²) in [7, 11) is 0. The molecule has 0 saturated carbocycles. The van der Waals surface area contributed by atoms with Crippen LogP contribution in [0.25, 0.3) is 0 Å². The molecular formula is C14H25FO. The Balaban J connectivity index is 0. The lowest BCUT2D eigenvalue weighted by Gasteiger charge is -2.18. The average molecular weight is 228 g/mol. The molecule has 0 atom stereocenters. The summed E-state index contributed by atoms with van der Waals surface area (Å²) in [4.78, 5) is 0. The topological polar surface area (TPSA) is 20.2 Å². The predicted molar refractivity (Wildman–Crippen MR) is 69.1 cm³/mol. The second kappa shape index (κ2) is 8.28. The number of halogens is 1. The zero-order chi connectivity index (χ0) is 13.4. The highest BCUT2D eigenvalue weighted by molar-refractivity contribution is 5.27. The third kappa shape index (κ3) is 5.86. The number of rotatable bonds is 1. The van der Waals surface area contributed by atoms with Gasteiger partial charge in [0.1, 0.15) is 5.82 Å².